The summed E-state index contributed by atoms with van der Waals surface area (Å²) < 4.78 is 19.6. The van der Waals surface area contributed by atoms with Crippen molar-refractivity contribution < 1.29 is 13.9 Å². The average molecular weight is 436 g/mol. The number of nitrogens with zero attached hydrogens (tertiary/aromatic N) is 2. The van der Waals surface area contributed by atoms with Crippen molar-refractivity contribution in [3.05, 3.63) is 58.3 Å². The van der Waals surface area contributed by atoms with E-state index in [4.69, 9.17) is 4.74 Å². The number of para-hydroxylation sites is 1. The highest BCUT2D eigenvalue weighted by Gasteiger charge is 2.17. The van der Waals surface area contributed by atoms with Gasteiger partial charge in [-0.05, 0) is 36.9 Å². The Hall–Kier alpha value is -2.12. The van der Waals surface area contributed by atoms with Crippen LogP contribution >= 0.6 is 15.9 Å². The molecular weight excluding hydrogens is 413 g/mol. The van der Waals surface area contributed by atoms with Crippen LogP contribution in [0.5, 0.6) is 5.75 Å². The van der Waals surface area contributed by atoms with Gasteiger partial charge in [0.15, 0.2) is 18.2 Å². The van der Waals surface area contributed by atoms with Gasteiger partial charge in [-0.3, -0.25) is 4.79 Å². The van der Waals surface area contributed by atoms with Crippen molar-refractivity contribution >= 4 is 27.5 Å². The standard InChI is InChI=1S/C20H23BrFN3O2/c1-24-8-10-25(11-9-24)18-5-3-2-4-15(18)13-23-20(26)14-27-19-7-6-16(21)12-17(19)22/h2-7,12H,8-11,13-14H2,1H3,(H,23,26). The Labute approximate surface area is 167 Å². The van der Waals surface area contributed by atoms with Crippen molar-refractivity contribution in [1.82, 2.24) is 10.2 Å². The molecule has 1 N–H and O–H groups in total. The van der Waals surface area contributed by atoms with Crippen molar-refractivity contribution in [2.45, 2.75) is 6.54 Å². The SMILES string of the molecule is CN1CCN(c2ccccc2CNC(=O)COc2ccc(Br)cc2F)CC1. The summed E-state index contributed by atoms with van der Waals surface area (Å²) in [6.45, 7) is 4.16. The number of likely N-dealkylation sites (N-methyl/N-ethyl adjacent to an activating group) is 1. The predicted molar refractivity (Wildman–Crippen MR) is 108 cm³/mol. The largest absolute Gasteiger partial charge is 0.481 e. The number of piperazine rings is 1. The highest BCUT2D eigenvalue weighted by Crippen LogP contribution is 2.22. The number of rotatable bonds is 6. The number of nitrogens with one attached hydrogen (secondary N) is 1. The van der Waals surface area contributed by atoms with Gasteiger partial charge in [0.1, 0.15) is 0 Å². The fourth-order valence-corrected chi connectivity index (χ4v) is 3.33. The van der Waals surface area contributed by atoms with Gasteiger partial charge in [-0.1, -0.05) is 34.1 Å². The zero-order valence-corrected chi connectivity index (χ0v) is 16.8. The van der Waals surface area contributed by atoms with E-state index in [0.717, 1.165) is 37.4 Å². The predicted octanol–water partition coefficient (Wildman–Crippen LogP) is 3.04. The summed E-state index contributed by atoms with van der Waals surface area (Å²) in [6, 6.07) is 12.5. The van der Waals surface area contributed by atoms with Gasteiger partial charge in [0.2, 0.25) is 0 Å². The number of hydrogen-bond donors (Lipinski definition) is 1. The molecule has 1 saturated heterocycles. The first-order chi connectivity index (χ1) is 13.0. The zero-order valence-electron chi connectivity index (χ0n) is 15.3. The van der Waals surface area contributed by atoms with Crippen LogP contribution in [-0.4, -0.2) is 50.6 Å². The van der Waals surface area contributed by atoms with Crippen LogP contribution in [0.4, 0.5) is 10.1 Å². The summed E-state index contributed by atoms with van der Waals surface area (Å²) in [5.41, 5.74) is 2.20. The molecule has 0 unspecified atom stereocenters. The Kier molecular flexibility index (Phi) is 6.68. The van der Waals surface area contributed by atoms with Crippen LogP contribution in [0.25, 0.3) is 0 Å². The van der Waals surface area contributed by atoms with Crippen molar-refractivity contribution in [3.63, 3.8) is 0 Å². The number of halogens is 2. The number of hydrogen-bond acceptors (Lipinski definition) is 4. The highest BCUT2D eigenvalue weighted by atomic mass is 79.9. The first-order valence-corrected chi connectivity index (χ1v) is 9.68. The fraction of sp³-hybridized carbons (Fsp3) is 0.350. The van der Waals surface area contributed by atoms with Crippen LogP contribution in [-0.2, 0) is 11.3 Å². The lowest BCUT2D eigenvalue weighted by Crippen LogP contribution is -2.45. The van der Waals surface area contributed by atoms with Crippen LogP contribution in [0.3, 0.4) is 0 Å². The Balaban J connectivity index is 1.54. The zero-order chi connectivity index (χ0) is 19.2. The molecule has 2 aromatic rings. The minimum atomic E-state index is -0.502. The van der Waals surface area contributed by atoms with Gasteiger partial charge in [-0.15, -0.1) is 0 Å². The van der Waals surface area contributed by atoms with Gasteiger partial charge in [0.25, 0.3) is 5.91 Å². The van der Waals surface area contributed by atoms with Gasteiger partial charge in [-0.2, -0.15) is 0 Å². The molecule has 0 aromatic heterocycles. The fourth-order valence-electron chi connectivity index (χ4n) is 3.00. The lowest BCUT2D eigenvalue weighted by molar-refractivity contribution is -0.123. The molecule has 27 heavy (non-hydrogen) atoms. The summed E-state index contributed by atoms with van der Waals surface area (Å²) in [5.74, 6) is -0.728. The second-order valence-corrected chi connectivity index (χ2v) is 7.47. The van der Waals surface area contributed by atoms with E-state index in [1.807, 2.05) is 18.2 Å². The summed E-state index contributed by atoms with van der Waals surface area (Å²) in [4.78, 5) is 16.8. The maximum atomic E-state index is 13.7. The molecule has 144 valence electrons. The van der Waals surface area contributed by atoms with Crippen molar-refractivity contribution in [3.8, 4) is 5.75 Å². The first-order valence-electron chi connectivity index (χ1n) is 8.89. The molecule has 0 radical (unpaired) electrons. The van der Waals surface area contributed by atoms with Crippen LogP contribution in [0, 0.1) is 5.82 Å². The molecule has 1 aliphatic heterocycles. The van der Waals surface area contributed by atoms with Gasteiger partial charge in [0.05, 0.1) is 0 Å². The first kappa shape index (κ1) is 19.6. The third-order valence-corrected chi connectivity index (χ3v) is 5.06. The summed E-state index contributed by atoms with van der Waals surface area (Å²) >= 11 is 3.19. The lowest BCUT2D eigenvalue weighted by atomic mass is 10.1. The third kappa shape index (κ3) is 5.43. The number of carbonyl (C=O) groups excluding carboxylic acids is 1. The van der Waals surface area contributed by atoms with E-state index in [0.29, 0.717) is 11.0 Å². The maximum absolute atomic E-state index is 13.7. The van der Waals surface area contributed by atoms with Crippen LogP contribution in [0.1, 0.15) is 5.56 Å². The molecule has 0 saturated carbocycles. The molecule has 1 heterocycles. The van der Waals surface area contributed by atoms with E-state index < -0.39 is 5.82 Å². The normalized spacial score (nSPS) is 14.9. The minimum Gasteiger partial charge on any atom is -0.481 e. The maximum Gasteiger partial charge on any atom is 0.258 e. The smallest absolute Gasteiger partial charge is 0.258 e. The van der Waals surface area contributed by atoms with Gasteiger partial charge < -0.3 is 19.9 Å². The average Bonchev–Trinajstić information content (AvgIpc) is 2.66. The Morgan fingerprint density at radius 1 is 1.19 bits per heavy atom. The minimum absolute atomic E-state index is 0.0613. The quantitative estimate of drug-likeness (QED) is 0.757. The van der Waals surface area contributed by atoms with Crippen molar-refractivity contribution in [2.75, 3.05) is 44.7 Å². The lowest BCUT2D eigenvalue weighted by Gasteiger charge is -2.35. The van der Waals surface area contributed by atoms with Gasteiger partial charge in [-0.25, -0.2) is 4.39 Å². The molecule has 2 aromatic carbocycles. The molecule has 5 nitrogen and oxygen atoms in total. The van der Waals surface area contributed by atoms with E-state index >= 15 is 0 Å². The van der Waals surface area contributed by atoms with Gasteiger partial charge >= 0.3 is 0 Å². The number of carbonyl (C=O) groups is 1. The summed E-state index contributed by atoms with van der Waals surface area (Å²) in [5, 5.41) is 2.86. The van der Waals surface area contributed by atoms with Crippen molar-refractivity contribution in [1.29, 1.82) is 0 Å². The molecule has 1 fully saturated rings. The molecule has 0 bridgehead atoms. The van der Waals surface area contributed by atoms with Crippen molar-refractivity contribution in [2.24, 2.45) is 0 Å². The Morgan fingerprint density at radius 2 is 1.93 bits per heavy atom. The third-order valence-electron chi connectivity index (χ3n) is 4.56. The molecular formula is C20H23BrFN3O2. The van der Waals surface area contributed by atoms with Crippen LogP contribution in [0.15, 0.2) is 46.9 Å². The topological polar surface area (TPSA) is 44.8 Å². The highest BCUT2D eigenvalue weighted by molar-refractivity contribution is 9.10. The molecule has 0 aliphatic carbocycles. The molecule has 1 amide bonds. The molecule has 3 rings (SSSR count). The van der Waals surface area contributed by atoms with E-state index in [9.17, 15) is 9.18 Å². The Morgan fingerprint density at radius 3 is 2.67 bits per heavy atom. The second-order valence-electron chi connectivity index (χ2n) is 6.56. The van der Waals surface area contributed by atoms with Crippen LogP contribution < -0.4 is 15.0 Å². The number of amides is 1. The number of ether oxygens (including phenoxy) is 1. The molecule has 7 heteroatoms. The molecule has 0 atom stereocenters. The van der Waals surface area contributed by atoms with E-state index in [2.05, 4.69) is 44.2 Å². The monoisotopic (exact) mass is 435 g/mol. The number of benzene rings is 2. The summed E-state index contributed by atoms with van der Waals surface area (Å²) in [6.07, 6.45) is 0. The Bertz CT molecular complexity index is 795. The van der Waals surface area contributed by atoms with E-state index in [1.54, 1.807) is 6.07 Å². The van der Waals surface area contributed by atoms with Crippen LogP contribution in [0.2, 0.25) is 0 Å². The number of anilines is 1. The van der Waals surface area contributed by atoms with E-state index in [-0.39, 0.29) is 18.3 Å². The second kappa shape index (κ2) is 9.19. The summed E-state index contributed by atoms with van der Waals surface area (Å²) in [7, 11) is 2.12. The van der Waals surface area contributed by atoms with Gasteiger partial charge in [0, 0.05) is 42.9 Å². The molecule has 0 spiro atoms. The van der Waals surface area contributed by atoms with E-state index in [1.165, 1.54) is 12.1 Å². The molecule has 1 aliphatic rings.